The van der Waals surface area contributed by atoms with E-state index >= 15 is 0 Å². The molecule has 2 amide bonds. The number of piperidine rings is 1. The average molecular weight is 285 g/mol. The van der Waals surface area contributed by atoms with Gasteiger partial charge in [0.25, 0.3) is 0 Å². The molecule has 0 spiro atoms. The minimum atomic E-state index is -0.502. The van der Waals surface area contributed by atoms with Gasteiger partial charge in [-0.2, -0.15) is 0 Å². The first-order chi connectivity index (χ1) is 9.50. The van der Waals surface area contributed by atoms with Crippen LogP contribution in [0.3, 0.4) is 0 Å². The normalized spacial score (nSPS) is 17.8. The molecule has 1 saturated heterocycles. The molecule has 1 heterocycles. The molecule has 1 aliphatic heterocycles. The van der Waals surface area contributed by atoms with Gasteiger partial charge < -0.3 is 20.7 Å². The van der Waals surface area contributed by atoms with Gasteiger partial charge >= 0.3 is 0 Å². The van der Waals surface area contributed by atoms with Gasteiger partial charge in [0.1, 0.15) is 0 Å². The van der Waals surface area contributed by atoms with Crippen molar-refractivity contribution in [3.8, 4) is 0 Å². The van der Waals surface area contributed by atoms with Gasteiger partial charge in [0.05, 0.1) is 18.6 Å². The molecule has 0 aromatic carbocycles. The van der Waals surface area contributed by atoms with Crippen LogP contribution in [0.25, 0.3) is 0 Å². The van der Waals surface area contributed by atoms with Crippen LogP contribution in [0.15, 0.2) is 0 Å². The fourth-order valence-corrected chi connectivity index (χ4v) is 2.35. The van der Waals surface area contributed by atoms with Crippen LogP contribution in [-0.2, 0) is 14.3 Å². The van der Waals surface area contributed by atoms with E-state index in [4.69, 9.17) is 4.74 Å². The maximum absolute atomic E-state index is 12.4. The molecule has 0 unspecified atom stereocenters. The van der Waals surface area contributed by atoms with Crippen LogP contribution < -0.4 is 16.0 Å². The number of hydrogen-bond acceptors (Lipinski definition) is 4. The molecule has 0 saturated carbocycles. The minimum absolute atomic E-state index is 0.0322. The zero-order valence-electron chi connectivity index (χ0n) is 12.8. The maximum atomic E-state index is 12.4. The van der Waals surface area contributed by atoms with Crippen molar-refractivity contribution in [3.05, 3.63) is 0 Å². The van der Waals surface area contributed by atoms with Gasteiger partial charge in [-0.05, 0) is 31.8 Å². The van der Waals surface area contributed by atoms with Crippen LogP contribution in [0.5, 0.6) is 0 Å². The van der Waals surface area contributed by atoms with E-state index in [0.29, 0.717) is 19.1 Å². The summed E-state index contributed by atoms with van der Waals surface area (Å²) in [6.45, 7) is 6.72. The summed E-state index contributed by atoms with van der Waals surface area (Å²) in [7, 11) is 1.60. The molecular formula is C14H27N3O3. The zero-order chi connectivity index (χ0) is 15.0. The highest BCUT2D eigenvalue weighted by molar-refractivity contribution is 5.88. The van der Waals surface area contributed by atoms with Crippen molar-refractivity contribution in [2.75, 3.05) is 39.9 Å². The van der Waals surface area contributed by atoms with E-state index < -0.39 is 5.41 Å². The lowest BCUT2D eigenvalue weighted by Crippen LogP contribution is -2.51. The number of methoxy groups -OCH3 is 1. The van der Waals surface area contributed by atoms with E-state index in [1.54, 1.807) is 7.11 Å². The van der Waals surface area contributed by atoms with Crippen LogP contribution in [0, 0.1) is 11.3 Å². The summed E-state index contributed by atoms with van der Waals surface area (Å²) in [5.74, 6) is 0.174. The van der Waals surface area contributed by atoms with E-state index in [1.807, 2.05) is 13.8 Å². The fraction of sp³-hybridized carbons (Fsp3) is 0.857. The minimum Gasteiger partial charge on any atom is -0.384 e. The summed E-state index contributed by atoms with van der Waals surface area (Å²) in [5.41, 5.74) is -0.502. The molecule has 20 heavy (non-hydrogen) atoms. The lowest BCUT2D eigenvalue weighted by Gasteiger charge is -2.35. The van der Waals surface area contributed by atoms with Crippen LogP contribution >= 0.6 is 0 Å². The smallest absolute Gasteiger partial charge is 0.239 e. The molecular weight excluding hydrogens is 258 g/mol. The van der Waals surface area contributed by atoms with Crippen LogP contribution in [0.1, 0.15) is 26.7 Å². The van der Waals surface area contributed by atoms with E-state index in [-0.39, 0.29) is 18.4 Å². The molecule has 0 atom stereocenters. The summed E-state index contributed by atoms with van der Waals surface area (Å²) in [5, 5.41) is 8.77. The topological polar surface area (TPSA) is 79.5 Å². The monoisotopic (exact) mass is 285 g/mol. The SMILES string of the molecule is COCC1(C(=O)NCC(=O)NCC(C)C)CCNCC1. The van der Waals surface area contributed by atoms with Crippen molar-refractivity contribution in [2.24, 2.45) is 11.3 Å². The van der Waals surface area contributed by atoms with Crippen molar-refractivity contribution >= 4 is 11.8 Å². The second-order valence-corrected chi connectivity index (χ2v) is 5.84. The first-order valence-corrected chi connectivity index (χ1v) is 7.25. The molecule has 6 heteroatoms. The Kier molecular flexibility index (Phi) is 6.95. The lowest BCUT2D eigenvalue weighted by atomic mass is 9.78. The van der Waals surface area contributed by atoms with E-state index in [1.165, 1.54) is 0 Å². The highest BCUT2D eigenvalue weighted by atomic mass is 16.5. The predicted molar refractivity (Wildman–Crippen MR) is 77.3 cm³/mol. The second-order valence-electron chi connectivity index (χ2n) is 5.84. The molecule has 1 rings (SSSR count). The van der Waals surface area contributed by atoms with Gasteiger partial charge in [-0.1, -0.05) is 13.8 Å². The molecule has 1 fully saturated rings. The fourth-order valence-electron chi connectivity index (χ4n) is 2.35. The van der Waals surface area contributed by atoms with E-state index in [2.05, 4.69) is 16.0 Å². The first kappa shape index (κ1) is 16.9. The average Bonchev–Trinajstić information content (AvgIpc) is 2.43. The Hall–Kier alpha value is -1.14. The summed E-state index contributed by atoms with van der Waals surface area (Å²) in [4.78, 5) is 24.0. The largest absolute Gasteiger partial charge is 0.384 e. The van der Waals surface area contributed by atoms with Crippen molar-refractivity contribution < 1.29 is 14.3 Å². The van der Waals surface area contributed by atoms with E-state index in [0.717, 1.165) is 25.9 Å². The van der Waals surface area contributed by atoms with E-state index in [9.17, 15) is 9.59 Å². The number of amides is 2. The number of rotatable bonds is 7. The highest BCUT2D eigenvalue weighted by Gasteiger charge is 2.39. The molecule has 0 aromatic heterocycles. The van der Waals surface area contributed by atoms with Gasteiger partial charge in [0.2, 0.25) is 11.8 Å². The van der Waals surface area contributed by atoms with Crippen molar-refractivity contribution in [1.82, 2.24) is 16.0 Å². The molecule has 116 valence electrons. The molecule has 1 aliphatic rings. The van der Waals surface area contributed by atoms with Crippen LogP contribution in [0.2, 0.25) is 0 Å². The lowest BCUT2D eigenvalue weighted by molar-refractivity contribution is -0.137. The molecule has 0 aromatic rings. The Balaban J connectivity index is 2.44. The summed E-state index contributed by atoms with van der Waals surface area (Å²) in [6.07, 6.45) is 1.47. The molecule has 3 N–H and O–H groups in total. The molecule has 0 bridgehead atoms. The number of carbonyl (C=O) groups excluding carboxylic acids is 2. The molecule has 0 aliphatic carbocycles. The Morgan fingerprint density at radius 1 is 1.25 bits per heavy atom. The third-order valence-corrected chi connectivity index (χ3v) is 3.58. The van der Waals surface area contributed by atoms with Crippen molar-refractivity contribution in [2.45, 2.75) is 26.7 Å². The van der Waals surface area contributed by atoms with Crippen molar-refractivity contribution in [3.63, 3.8) is 0 Å². The maximum Gasteiger partial charge on any atom is 0.239 e. The molecule has 6 nitrogen and oxygen atoms in total. The molecule has 0 radical (unpaired) electrons. The Labute approximate surface area is 121 Å². The van der Waals surface area contributed by atoms with Gasteiger partial charge in [-0.25, -0.2) is 0 Å². The number of hydrogen-bond donors (Lipinski definition) is 3. The van der Waals surface area contributed by atoms with Gasteiger partial charge in [0, 0.05) is 13.7 Å². The third-order valence-electron chi connectivity index (χ3n) is 3.58. The standard InChI is InChI=1S/C14H27N3O3/c1-11(2)8-16-12(18)9-17-13(19)14(10-20-3)4-6-15-7-5-14/h11,15H,4-10H2,1-3H3,(H,16,18)(H,17,19). The van der Waals surface area contributed by atoms with Crippen LogP contribution in [0.4, 0.5) is 0 Å². The van der Waals surface area contributed by atoms with Crippen LogP contribution in [-0.4, -0.2) is 51.7 Å². The second kappa shape index (κ2) is 8.21. The predicted octanol–water partition coefficient (Wildman–Crippen LogP) is -0.109. The number of ether oxygens (including phenoxy) is 1. The number of carbonyl (C=O) groups is 2. The summed E-state index contributed by atoms with van der Waals surface area (Å²) >= 11 is 0. The Morgan fingerprint density at radius 2 is 1.90 bits per heavy atom. The zero-order valence-corrected chi connectivity index (χ0v) is 12.8. The third kappa shape index (κ3) is 5.09. The first-order valence-electron chi connectivity index (χ1n) is 7.25. The summed E-state index contributed by atoms with van der Waals surface area (Å²) < 4.78 is 5.20. The quantitative estimate of drug-likeness (QED) is 0.610. The Bertz CT molecular complexity index is 320. The van der Waals surface area contributed by atoms with Gasteiger partial charge in [-0.3, -0.25) is 9.59 Å². The van der Waals surface area contributed by atoms with Gasteiger partial charge in [-0.15, -0.1) is 0 Å². The Morgan fingerprint density at radius 3 is 2.45 bits per heavy atom. The highest BCUT2D eigenvalue weighted by Crippen LogP contribution is 2.29. The van der Waals surface area contributed by atoms with Gasteiger partial charge in [0.15, 0.2) is 0 Å². The van der Waals surface area contributed by atoms with Crippen molar-refractivity contribution in [1.29, 1.82) is 0 Å². The number of nitrogens with one attached hydrogen (secondary N) is 3. The summed E-state index contributed by atoms with van der Waals surface area (Å²) in [6, 6.07) is 0.